The third kappa shape index (κ3) is 7.00. The van der Waals surface area contributed by atoms with Gasteiger partial charge in [0.05, 0.1) is 6.61 Å². The molecule has 0 fully saturated rings. The summed E-state index contributed by atoms with van der Waals surface area (Å²) in [5, 5.41) is 3.14. The van der Waals surface area contributed by atoms with Gasteiger partial charge in [0.1, 0.15) is 5.75 Å². The van der Waals surface area contributed by atoms with Crippen LogP contribution in [0.15, 0.2) is 59.8 Å². The lowest BCUT2D eigenvalue weighted by Crippen LogP contribution is -2.18. The van der Waals surface area contributed by atoms with Crippen LogP contribution in [0.1, 0.15) is 23.1 Å². The molecule has 0 saturated carbocycles. The van der Waals surface area contributed by atoms with Gasteiger partial charge in [-0.3, -0.25) is 14.8 Å². The van der Waals surface area contributed by atoms with Gasteiger partial charge >= 0.3 is 0 Å². The molecule has 2 aromatic heterocycles. The van der Waals surface area contributed by atoms with E-state index in [0.29, 0.717) is 31.1 Å². The van der Waals surface area contributed by atoms with Crippen LogP contribution in [-0.2, 0) is 12.8 Å². The van der Waals surface area contributed by atoms with Crippen molar-refractivity contribution < 1.29 is 4.74 Å². The van der Waals surface area contributed by atoms with Crippen LogP contribution in [-0.4, -0.2) is 53.6 Å². The number of pyridine rings is 1. The van der Waals surface area contributed by atoms with Gasteiger partial charge in [0, 0.05) is 43.7 Å². The van der Waals surface area contributed by atoms with Crippen molar-refractivity contribution in [2.45, 2.75) is 19.3 Å². The molecule has 0 aliphatic carbocycles. The molecule has 1 aromatic carbocycles. The molecule has 0 amide bonds. The minimum absolute atomic E-state index is 0.137. The van der Waals surface area contributed by atoms with Crippen molar-refractivity contribution >= 4 is 5.95 Å². The van der Waals surface area contributed by atoms with Crippen LogP contribution in [0.4, 0.5) is 5.95 Å². The Morgan fingerprint density at radius 2 is 1.93 bits per heavy atom. The Bertz CT molecular complexity index is 955. The second-order valence-electron chi connectivity index (χ2n) is 7.45. The number of hydrogen-bond donors (Lipinski definition) is 2. The summed E-state index contributed by atoms with van der Waals surface area (Å²) in [6, 6.07) is 12.0. The van der Waals surface area contributed by atoms with Gasteiger partial charge in [0.25, 0.3) is 5.56 Å². The summed E-state index contributed by atoms with van der Waals surface area (Å²) in [4.78, 5) is 25.6. The zero-order valence-corrected chi connectivity index (χ0v) is 17.6. The van der Waals surface area contributed by atoms with Crippen LogP contribution >= 0.6 is 0 Å². The zero-order chi connectivity index (χ0) is 21.2. The Morgan fingerprint density at radius 3 is 2.63 bits per heavy atom. The van der Waals surface area contributed by atoms with E-state index in [-0.39, 0.29) is 5.56 Å². The predicted octanol–water partition coefficient (Wildman–Crippen LogP) is 2.74. The molecule has 3 rings (SSSR count). The first-order valence-electron chi connectivity index (χ1n) is 10.2. The van der Waals surface area contributed by atoms with E-state index < -0.39 is 0 Å². The Labute approximate surface area is 177 Å². The van der Waals surface area contributed by atoms with Crippen molar-refractivity contribution in [1.29, 1.82) is 0 Å². The molecule has 0 atom stereocenters. The fourth-order valence-electron chi connectivity index (χ4n) is 2.93. The number of aromatic amines is 1. The van der Waals surface area contributed by atoms with E-state index in [1.54, 1.807) is 18.6 Å². The zero-order valence-electron chi connectivity index (χ0n) is 17.6. The maximum atomic E-state index is 12.2. The van der Waals surface area contributed by atoms with Gasteiger partial charge in [0.2, 0.25) is 5.95 Å². The molecule has 7 heteroatoms. The topological polar surface area (TPSA) is 83.1 Å². The number of nitrogens with one attached hydrogen (secondary N) is 2. The Balaban J connectivity index is 1.38. The molecule has 2 heterocycles. The largest absolute Gasteiger partial charge is 0.494 e. The summed E-state index contributed by atoms with van der Waals surface area (Å²) >= 11 is 0. The number of nitrogens with zero attached hydrogens (tertiary/aromatic N) is 3. The molecule has 7 nitrogen and oxygen atoms in total. The predicted molar refractivity (Wildman–Crippen MR) is 119 cm³/mol. The molecule has 3 aromatic rings. The standard InChI is InChI=1S/C23H29N5O2/c1-28(2)13-10-18-6-8-21(9-7-18)30-14-4-12-25-23-26-17-20(22(29)27-23)15-19-5-3-11-24-16-19/h3,5-9,11,16-17H,4,10,12-15H2,1-2H3,(H2,25,26,27,29). The number of anilines is 1. The van der Waals surface area contributed by atoms with Gasteiger partial charge in [0.15, 0.2) is 0 Å². The lowest BCUT2D eigenvalue weighted by atomic mass is 10.1. The van der Waals surface area contributed by atoms with Crippen LogP contribution in [0.5, 0.6) is 5.75 Å². The van der Waals surface area contributed by atoms with Gasteiger partial charge < -0.3 is 15.0 Å². The molecule has 2 N–H and O–H groups in total. The summed E-state index contributed by atoms with van der Waals surface area (Å²) < 4.78 is 5.79. The van der Waals surface area contributed by atoms with Gasteiger partial charge in [-0.25, -0.2) is 4.98 Å². The summed E-state index contributed by atoms with van der Waals surface area (Å²) in [6.45, 7) is 2.28. The summed E-state index contributed by atoms with van der Waals surface area (Å²) in [6.07, 6.45) is 7.42. The van der Waals surface area contributed by atoms with E-state index >= 15 is 0 Å². The van der Waals surface area contributed by atoms with E-state index in [1.807, 2.05) is 24.3 Å². The van der Waals surface area contributed by atoms with E-state index in [4.69, 9.17) is 4.74 Å². The molecule has 0 saturated heterocycles. The fourth-order valence-corrected chi connectivity index (χ4v) is 2.93. The van der Waals surface area contributed by atoms with Crippen LogP contribution in [0.3, 0.4) is 0 Å². The van der Waals surface area contributed by atoms with Crippen LogP contribution < -0.4 is 15.6 Å². The minimum atomic E-state index is -0.137. The van der Waals surface area contributed by atoms with E-state index in [1.165, 1.54) is 5.56 Å². The highest BCUT2D eigenvalue weighted by molar-refractivity contribution is 5.28. The summed E-state index contributed by atoms with van der Waals surface area (Å²) in [5.41, 5.74) is 2.76. The first-order chi connectivity index (χ1) is 14.6. The molecule has 30 heavy (non-hydrogen) atoms. The Hall–Kier alpha value is -3.19. The second kappa shape index (κ2) is 11.1. The van der Waals surface area contributed by atoms with Crippen molar-refractivity contribution in [3.8, 4) is 5.75 Å². The first kappa shape index (κ1) is 21.5. The smallest absolute Gasteiger partial charge is 0.255 e. The van der Waals surface area contributed by atoms with Gasteiger partial charge in [-0.1, -0.05) is 18.2 Å². The molecular formula is C23H29N5O2. The van der Waals surface area contributed by atoms with E-state index in [9.17, 15) is 4.79 Å². The third-order valence-corrected chi connectivity index (χ3v) is 4.64. The molecule has 0 unspecified atom stereocenters. The lowest BCUT2D eigenvalue weighted by molar-refractivity contribution is 0.315. The Morgan fingerprint density at radius 1 is 1.10 bits per heavy atom. The number of rotatable bonds is 11. The van der Waals surface area contributed by atoms with Crippen LogP contribution in [0.2, 0.25) is 0 Å². The van der Waals surface area contributed by atoms with E-state index in [0.717, 1.165) is 30.7 Å². The normalized spacial score (nSPS) is 10.9. The number of hydrogen-bond acceptors (Lipinski definition) is 6. The van der Waals surface area contributed by atoms with Gasteiger partial charge in [-0.2, -0.15) is 0 Å². The molecule has 0 radical (unpaired) electrons. The van der Waals surface area contributed by atoms with E-state index in [2.05, 4.69) is 51.4 Å². The first-order valence-corrected chi connectivity index (χ1v) is 10.2. The van der Waals surface area contributed by atoms with Crippen molar-refractivity contribution in [3.63, 3.8) is 0 Å². The van der Waals surface area contributed by atoms with Gasteiger partial charge in [-0.15, -0.1) is 0 Å². The molecule has 0 bridgehead atoms. The Kier molecular flexibility index (Phi) is 7.97. The number of aromatic nitrogens is 3. The van der Waals surface area contributed by atoms with Crippen molar-refractivity contribution in [3.05, 3.63) is 82.0 Å². The number of likely N-dealkylation sites (N-methyl/N-ethyl adjacent to an activating group) is 1. The molecule has 0 aliphatic heterocycles. The summed E-state index contributed by atoms with van der Waals surface area (Å²) in [7, 11) is 4.15. The average molecular weight is 408 g/mol. The molecule has 158 valence electrons. The van der Waals surface area contributed by atoms with Gasteiger partial charge in [-0.05, 0) is 56.3 Å². The van der Waals surface area contributed by atoms with Crippen molar-refractivity contribution in [1.82, 2.24) is 19.9 Å². The monoisotopic (exact) mass is 407 g/mol. The van der Waals surface area contributed by atoms with Crippen LogP contribution in [0, 0.1) is 0 Å². The second-order valence-corrected chi connectivity index (χ2v) is 7.45. The highest BCUT2D eigenvalue weighted by atomic mass is 16.5. The molecule has 0 spiro atoms. The third-order valence-electron chi connectivity index (χ3n) is 4.64. The molecule has 0 aliphatic rings. The number of H-pyrrole nitrogens is 1. The maximum Gasteiger partial charge on any atom is 0.255 e. The minimum Gasteiger partial charge on any atom is -0.494 e. The highest BCUT2D eigenvalue weighted by Gasteiger charge is 2.04. The SMILES string of the molecule is CN(C)CCc1ccc(OCCCNc2ncc(Cc3cccnc3)c(=O)[nH]2)cc1. The number of ether oxygens (including phenoxy) is 1. The average Bonchev–Trinajstić information content (AvgIpc) is 2.75. The molecular weight excluding hydrogens is 378 g/mol. The lowest BCUT2D eigenvalue weighted by Gasteiger charge is -2.10. The quantitative estimate of drug-likeness (QED) is 0.476. The van der Waals surface area contributed by atoms with Crippen LogP contribution in [0.25, 0.3) is 0 Å². The maximum absolute atomic E-state index is 12.2. The van der Waals surface area contributed by atoms with Crippen molar-refractivity contribution in [2.75, 3.05) is 39.1 Å². The number of benzene rings is 1. The summed E-state index contributed by atoms with van der Waals surface area (Å²) in [5.74, 6) is 1.34. The fraction of sp³-hybridized carbons (Fsp3) is 0.348. The highest BCUT2D eigenvalue weighted by Crippen LogP contribution is 2.13. The van der Waals surface area contributed by atoms with Crippen molar-refractivity contribution in [2.24, 2.45) is 0 Å².